The number of halogens is 2. The highest BCUT2D eigenvalue weighted by Crippen LogP contribution is 2.38. The summed E-state index contributed by atoms with van der Waals surface area (Å²) in [6.45, 7) is 12.5. The van der Waals surface area contributed by atoms with E-state index in [0.29, 0.717) is 37.7 Å². The van der Waals surface area contributed by atoms with E-state index in [0.717, 1.165) is 99.9 Å². The van der Waals surface area contributed by atoms with E-state index in [1.165, 1.54) is 102 Å². The van der Waals surface area contributed by atoms with Crippen LogP contribution in [0.5, 0.6) is 17.2 Å². The molecule has 0 aromatic heterocycles. The summed E-state index contributed by atoms with van der Waals surface area (Å²) in [5, 5.41) is 0. The van der Waals surface area contributed by atoms with E-state index in [9.17, 15) is 8.78 Å². The van der Waals surface area contributed by atoms with Crippen LogP contribution >= 0.6 is 0 Å². The minimum atomic E-state index is -0.676. The molecule has 0 aliphatic heterocycles. The van der Waals surface area contributed by atoms with Crippen molar-refractivity contribution >= 4 is 0 Å². The van der Waals surface area contributed by atoms with E-state index in [1.54, 1.807) is 0 Å². The van der Waals surface area contributed by atoms with Crippen LogP contribution in [0.4, 0.5) is 8.78 Å². The maximum atomic E-state index is 14.7. The van der Waals surface area contributed by atoms with Crippen molar-refractivity contribution in [2.75, 3.05) is 39.6 Å². The van der Waals surface area contributed by atoms with Gasteiger partial charge in [-0.25, -0.2) is 8.78 Å². The highest BCUT2D eigenvalue weighted by Gasteiger charge is 2.23. The standard InChI is InChI=1S/C36H46F2O3.C32H40O2/c1-3-5-7-22-39-32-18-14-28(15-19-32)29-16-20-33(21-17-29)40-23-8-24-41-36-34(37)25-31(26-35(36)38)30-12-10-27(11-13-30)9-6-4-2;1-3-4-5-22-33-23-24-34-32-20-18-31(19-21-32)30-16-14-29(15-17-30)28-12-10-27(11-13-28)26-8-6-25(2)7-9-26/h10-15,18-19,25-26,29,33H,3-9,16-17,20-24H2,1-2H3;10-21,25-26H,3-9,22-24H2,1-2H3. The average Bonchev–Trinajstić information content (AvgIpc) is 3.45. The summed E-state index contributed by atoms with van der Waals surface area (Å²) in [4.78, 5) is 0. The van der Waals surface area contributed by atoms with Crippen LogP contribution in [-0.4, -0.2) is 45.7 Å². The molecule has 0 N–H and O–H groups in total. The Bertz CT molecular complexity index is 2470. The molecule has 0 amide bonds. The zero-order chi connectivity index (χ0) is 52.5. The predicted octanol–water partition coefficient (Wildman–Crippen LogP) is 19.0. The molecule has 0 saturated heterocycles. The summed E-state index contributed by atoms with van der Waals surface area (Å²) in [5.74, 6) is 2.38. The maximum Gasteiger partial charge on any atom is 0.190 e. The van der Waals surface area contributed by atoms with Crippen LogP contribution in [0.25, 0.3) is 33.4 Å². The zero-order valence-corrected chi connectivity index (χ0v) is 45.8. The number of aryl methyl sites for hydroxylation is 1. The smallest absolute Gasteiger partial charge is 0.190 e. The Balaban J connectivity index is 0.000000222. The molecule has 402 valence electrons. The lowest BCUT2D eigenvalue weighted by Gasteiger charge is -2.29. The molecule has 0 radical (unpaired) electrons. The zero-order valence-electron chi connectivity index (χ0n) is 45.8. The Morgan fingerprint density at radius 1 is 0.400 bits per heavy atom. The van der Waals surface area contributed by atoms with Gasteiger partial charge in [0.05, 0.1) is 32.5 Å². The first-order chi connectivity index (χ1) is 36.8. The van der Waals surface area contributed by atoms with Gasteiger partial charge >= 0.3 is 0 Å². The molecule has 7 heteroatoms. The molecule has 2 aliphatic carbocycles. The summed E-state index contributed by atoms with van der Waals surface area (Å²) in [6, 6.07) is 45.7. The Morgan fingerprint density at radius 3 is 1.40 bits per heavy atom. The van der Waals surface area contributed by atoms with Crippen molar-refractivity contribution in [3.8, 4) is 50.6 Å². The lowest BCUT2D eigenvalue weighted by Crippen LogP contribution is -2.22. The van der Waals surface area contributed by atoms with Gasteiger partial charge in [0.15, 0.2) is 17.4 Å². The molecule has 2 fully saturated rings. The van der Waals surface area contributed by atoms with Gasteiger partial charge in [-0.2, -0.15) is 0 Å². The second kappa shape index (κ2) is 31.5. The van der Waals surface area contributed by atoms with Gasteiger partial charge in [-0.15, -0.1) is 0 Å². The van der Waals surface area contributed by atoms with Crippen molar-refractivity contribution in [3.63, 3.8) is 0 Å². The van der Waals surface area contributed by atoms with Crippen LogP contribution in [-0.2, 0) is 15.9 Å². The lowest BCUT2D eigenvalue weighted by atomic mass is 9.79. The number of benzene rings is 6. The molecule has 0 unspecified atom stereocenters. The van der Waals surface area contributed by atoms with Gasteiger partial charge in [-0.05, 0) is 168 Å². The van der Waals surface area contributed by atoms with Crippen LogP contribution in [0.2, 0.25) is 0 Å². The first kappa shape index (κ1) is 57.2. The quantitative estimate of drug-likeness (QED) is 0.0481. The molecule has 75 heavy (non-hydrogen) atoms. The molecule has 0 heterocycles. The number of ether oxygens (including phenoxy) is 5. The van der Waals surface area contributed by atoms with Crippen molar-refractivity contribution in [2.24, 2.45) is 5.92 Å². The van der Waals surface area contributed by atoms with E-state index < -0.39 is 11.6 Å². The Morgan fingerprint density at radius 2 is 0.840 bits per heavy atom. The van der Waals surface area contributed by atoms with E-state index in [-0.39, 0.29) is 18.5 Å². The Kier molecular flexibility index (Phi) is 24.0. The Hall–Kier alpha value is -5.50. The molecule has 0 atom stereocenters. The summed E-state index contributed by atoms with van der Waals surface area (Å²) in [5.41, 5.74) is 10.4. The summed E-state index contributed by atoms with van der Waals surface area (Å²) < 4.78 is 58.3. The molecular formula is C68H86F2O5. The first-order valence-electron chi connectivity index (χ1n) is 28.9. The van der Waals surface area contributed by atoms with Crippen molar-refractivity contribution in [1.29, 1.82) is 0 Å². The third-order valence-electron chi connectivity index (χ3n) is 15.2. The second-order valence-corrected chi connectivity index (χ2v) is 21.1. The van der Waals surface area contributed by atoms with E-state index in [2.05, 4.69) is 113 Å². The maximum absolute atomic E-state index is 14.7. The van der Waals surface area contributed by atoms with Gasteiger partial charge in [0.1, 0.15) is 18.1 Å². The average molecular weight is 1020 g/mol. The number of unbranched alkanes of at least 4 members (excludes halogenated alkanes) is 5. The van der Waals surface area contributed by atoms with Gasteiger partial charge in [0, 0.05) is 13.0 Å². The van der Waals surface area contributed by atoms with Crippen molar-refractivity contribution in [1.82, 2.24) is 0 Å². The molecule has 2 saturated carbocycles. The summed E-state index contributed by atoms with van der Waals surface area (Å²) >= 11 is 0. The molecule has 0 bridgehead atoms. The summed E-state index contributed by atoms with van der Waals surface area (Å²) in [6.07, 6.45) is 20.8. The predicted molar refractivity (Wildman–Crippen MR) is 306 cm³/mol. The Labute approximate surface area is 449 Å². The van der Waals surface area contributed by atoms with Crippen LogP contribution in [0.3, 0.4) is 0 Å². The monoisotopic (exact) mass is 1020 g/mol. The van der Waals surface area contributed by atoms with Gasteiger partial charge in [-0.3, -0.25) is 0 Å². The molecule has 8 rings (SSSR count). The van der Waals surface area contributed by atoms with E-state index >= 15 is 0 Å². The highest BCUT2D eigenvalue weighted by atomic mass is 19.1. The van der Waals surface area contributed by atoms with Gasteiger partial charge < -0.3 is 23.7 Å². The third-order valence-corrected chi connectivity index (χ3v) is 15.2. The van der Waals surface area contributed by atoms with E-state index in [1.807, 2.05) is 36.4 Å². The van der Waals surface area contributed by atoms with E-state index in [4.69, 9.17) is 23.7 Å². The SMILES string of the molecule is CCCCCOCCOc1ccc(-c2ccc(-c3ccc(C4CCC(C)CC4)cc3)cc2)cc1.CCCCCOc1ccc(C2CCC(OCCCOc3c(F)cc(-c4ccc(CCCC)cc4)cc3F)CC2)cc1. The fourth-order valence-electron chi connectivity index (χ4n) is 10.4. The van der Waals surface area contributed by atoms with Gasteiger partial charge in [0.25, 0.3) is 0 Å². The van der Waals surface area contributed by atoms with Gasteiger partial charge in [0.2, 0.25) is 0 Å². The molecule has 6 aromatic carbocycles. The minimum Gasteiger partial charge on any atom is -0.494 e. The van der Waals surface area contributed by atoms with Crippen molar-refractivity contribution in [3.05, 3.63) is 162 Å². The first-order valence-corrected chi connectivity index (χ1v) is 28.9. The molecule has 5 nitrogen and oxygen atoms in total. The highest BCUT2D eigenvalue weighted by molar-refractivity contribution is 5.71. The fourth-order valence-corrected chi connectivity index (χ4v) is 10.4. The van der Waals surface area contributed by atoms with Crippen molar-refractivity contribution in [2.45, 2.75) is 161 Å². The minimum absolute atomic E-state index is 0.210. The fraction of sp³-hybridized carbons (Fsp3) is 0.471. The lowest BCUT2D eigenvalue weighted by molar-refractivity contribution is 0.0188. The molecule has 0 spiro atoms. The summed E-state index contributed by atoms with van der Waals surface area (Å²) in [7, 11) is 0. The van der Waals surface area contributed by atoms with Crippen LogP contribution in [0, 0.1) is 17.6 Å². The number of rotatable bonds is 27. The van der Waals surface area contributed by atoms with Crippen molar-refractivity contribution < 1.29 is 32.5 Å². The van der Waals surface area contributed by atoms with Crippen LogP contribution < -0.4 is 14.2 Å². The second-order valence-electron chi connectivity index (χ2n) is 21.1. The van der Waals surface area contributed by atoms with Crippen LogP contribution in [0.15, 0.2) is 133 Å². The normalized spacial score (nSPS) is 17.5. The molecular weight excluding hydrogens is 935 g/mol. The third kappa shape index (κ3) is 18.6. The van der Waals surface area contributed by atoms with Gasteiger partial charge in [-0.1, -0.05) is 170 Å². The molecule has 2 aliphatic rings. The topological polar surface area (TPSA) is 46.2 Å². The number of hydrogen-bond donors (Lipinski definition) is 0. The number of hydrogen-bond acceptors (Lipinski definition) is 5. The molecule has 6 aromatic rings. The van der Waals surface area contributed by atoms with Crippen LogP contribution in [0.1, 0.15) is 165 Å². The largest absolute Gasteiger partial charge is 0.494 e.